The van der Waals surface area contributed by atoms with Crippen LogP contribution in [0.3, 0.4) is 0 Å². The Hall–Kier alpha value is -3.61. The van der Waals surface area contributed by atoms with Crippen molar-refractivity contribution in [3.8, 4) is 22.8 Å². The summed E-state index contributed by atoms with van der Waals surface area (Å²) in [6.45, 7) is 0. The SMILES string of the molecule is COc1cccc(-c2noc3ncnc(Nc4ccccc4OC)c23)c1. The first-order chi connectivity index (χ1) is 12.8. The van der Waals surface area contributed by atoms with E-state index in [2.05, 4.69) is 20.4 Å². The number of benzene rings is 2. The maximum absolute atomic E-state index is 5.40. The van der Waals surface area contributed by atoms with Gasteiger partial charge < -0.3 is 19.3 Å². The van der Waals surface area contributed by atoms with E-state index < -0.39 is 0 Å². The van der Waals surface area contributed by atoms with Gasteiger partial charge in [-0.3, -0.25) is 0 Å². The van der Waals surface area contributed by atoms with Crippen LogP contribution >= 0.6 is 0 Å². The molecule has 2 heterocycles. The fourth-order valence-electron chi connectivity index (χ4n) is 2.72. The third-order valence-corrected chi connectivity index (χ3v) is 3.98. The van der Waals surface area contributed by atoms with Gasteiger partial charge in [-0.05, 0) is 24.3 Å². The van der Waals surface area contributed by atoms with Crippen LogP contribution in [-0.2, 0) is 0 Å². The zero-order valence-electron chi connectivity index (χ0n) is 14.3. The molecule has 2 aromatic heterocycles. The van der Waals surface area contributed by atoms with E-state index in [0.717, 1.165) is 17.0 Å². The second kappa shape index (κ2) is 6.72. The molecule has 1 N–H and O–H groups in total. The average molecular weight is 348 g/mol. The van der Waals surface area contributed by atoms with Gasteiger partial charge in [0.15, 0.2) is 0 Å². The Morgan fingerprint density at radius 2 is 1.85 bits per heavy atom. The van der Waals surface area contributed by atoms with E-state index in [-0.39, 0.29) is 0 Å². The smallest absolute Gasteiger partial charge is 0.263 e. The monoisotopic (exact) mass is 348 g/mol. The average Bonchev–Trinajstić information content (AvgIpc) is 3.14. The first kappa shape index (κ1) is 15.9. The van der Waals surface area contributed by atoms with Crippen LogP contribution < -0.4 is 14.8 Å². The minimum absolute atomic E-state index is 0.398. The number of hydrogen-bond acceptors (Lipinski definition) is 7. The molecule has 26 heavy (non-hydrogen) atoms. The molecular weight excluding hydrogens is 332 g/mol. The van der Waals surface area contributed by atoms with E-state index >= 15 is 0 Å². The van der Waals surface area contributed by atoms with E-state index in [1.54, 1.807) is 14.2 Å². The molecule has 4 aromatic rings. The molecule has 2 aromatic carbocycles. The van der Waals surface area contributed by atoms with Crippen LogP contribution in [0.5, 0.6) is 11.5 Å². The predicted octanol–water partition coefficient (Wildman–Crippen LogP) is 4.05. The molecule has 0 fully saturated rings. The molecule has 130 valence electrons. The van der Waals surface area contributed by atoms with Crippen molar-refractivity contribution in [2.24, 2.45) is 0 Å². The topological polar surface area (TPSA) is 82.3 Å². The summed E-state index contributed by atoms with van der Waals surface area (Å²) in [6, 6.07) is 15.2. The number of hydrogen-bond donors (Lipinski definition) is 1. The molecule has 0 amide bonds. The van der Waals surface area contributed by atoms with Crippen LogP contribution in [-0.4, -0.2) is 29.3 Å². The van der Waals surface area contributed by atoms with Crippen molar-refractivity contribution in [1.82, 2.24) is 15.1 Å². The predicted molar refractivity (Wildman–Crippen MR) is 97.9 cm³/mol. The van der Waals surface area contributed by atoms with Gasteiger partial charge >= 0.3 is 0 Å². The molecule has 0 unspecified atom stereocenters. The number of nitrogens with zero attached hydrogens (tertiary/aromatic N) is 3. The van der Waals surface area contributed by atoms with Crippen LogP contribution in [0.15, 0.2) is 59.4 Å². The van der Waals surface area contributed by atoms with E-state index in [4.69, 9.17) is 14.0 Å². The Morgan fingerprint density at radius 3 is 2.69 bits per heavy atom. The van der Waals surface area contributed by atoms with Gasteiger partial charge in [-0.2, -0.15) is 4.98 Å². The highest BCUT2D eigenvalue weighted by Crippen LogP contribution is 2.35. The maximum Gasteiger partial charge on any atom is 0.263 e. The summed E-state index contributed by atoms with van der Waals surface area (Å²) in [7, 11) is 3.24. The van der Waals surface area contributed by atoms with Gasteiger partial charge in [-0.25, -0.2) is 4.98 Å². The zero-order valence-corrected chi connectivity index (χ0v) is 14.3. The lowest BCUT2D eigenvalue weighted by atomic mass is 10.1. The van der Waals surface area contributed by atoms with Crippen molar-refractivity contribution in [2.75, 3.05) is 19.5 Å². The molecule has 7 heteroatoms. The molecule has 0 bridgehead atoms. The lowest BCUT2D eigenvalue weighted by Crippen LogP contribution is -1.98. The molecule has 0 radical (unpaired) electrons. The highest BCUT2D eigenvalue weighted by molar-refractivity contribution is 5.99. The van der Waals surface area contributed by atoms with Crippen molar-refractivity contribution in [1.29, 1.82) is 0 Å². The summed E-state index contributed by atoms with van der Waals surface area (Å²) >= 11 is 0. The van der Waals surface area contributed by atoms with Crippen molar-refractivity contribution in [3.63, 3.8) is 0 Å². The quantitative estimate of drug-likeness (QED) is 0.582. The normalized spacial score (nSPS) is 10.7. The molecule has 0 spiro atoms. The number of aromatic nitrogens is 3. The fraction of sp³-hybridized carbons (Fsp3) is 0.105. The standard InChI is InChI=1S/C19H16N4O3/c1-24-13-7-5-6-12(10-13)17-16-18(20-11-21-19(16)26-23-17)22-14-8-3-4-9-15(14)25-2/h3-11H,1-2H3,(H,20,21,22). The molecule has 0 atom stereocenters. The molecule has 0 saturated heterocycles. The second-order valence-electron chi connectivity index (χ2n) is 5.49. The number of ether oxygens (including phenoxy) is 2. The Labute approximate surface area is 149 Å². The van der Waals surface area contributed by atoms with Gasteiger partial charge in [0.05, 0.1) is 19.9 Å². The third-order valence-electron chi connectivity index (χ3n) is 3.98. The van der Waals surface area contributed by atoms with Crippen LogP contribution in [0.25, 0.3) is 22.4 Å². The van der Waals surface area contributed by atoms with Crippen molar-refractivity contribution in [3.05, 3.63) is 54.9 Å². The number of anilines is 2. The lowest BCUT2D eigenvalue weighted by Gasteiger charge is -2.10. The molecule has 0 saturated carbocycles. The van der Waals surface area contributed by atoms with Gasteiger partial charge in [0.25, 0.3) is 5.71 Å². The summed E-state index contributed by atoms with van der Waals surface area (Å²) < 4.78 is 16.1. The molecule has 7 nitrogen and oxygen atoms in total. The number of methoxy groups -OCH3 is 2. The van der Waals surface area contributed by atoms with Crippen LogP contribution in [0.2, 0.25) is 0 Å². The third kappa shape index (κ3) is 2.79. The first-order valence-electron chi connectivity index (χ1n) is 7.95. The summed E-state index contributed by atoms with van der Waals surface area (Å²) in [5.74, 6) is 2.02. The van der Waals surface area contributed by atoms with Gasteiger partial charge in [0.2, 0.25) is 0 Å². The van der Waals surface area contributed by atoms with Gasteiger partial charge in [-0.15, -0.1) is 0 Å². The zero-order chi connectivity index (χ0) is 17.9. The molecule has 0 aliphatic rings. The summed E-state index contributed by atoms with van der Waals surface area (Å²) in [6.07, 6.45) is 1.43. The van der Waals surface area contributed by atoms with Crippen LogP contribution in [0.4, 0.5) is 11.5 Å². The molecular formula is C19H16N4O3. The van der Waals surface area contributed by atoms with Crippen molar-refractivity contribution < 1.29 is 14.0 Å². The largest absolute Gasteiger partial charge is 0.497 e. The van der Waals surface area contributed by atoms with Gasteiger partial charge in [0.1, 0.15) is 34.7 Å². The Kier molecular flexibility index (Phi) is 4.10. The number of fused-ring (bicyclic) bond motifs is 1. The Morgan fingerprint density at radius 1 is 0.962 bits per heavy atom. The van der Waals surface area contributed by atoms with E-state index in [9.17, 15) is 0 Å². The van der Waals surface area contributed by atoms with Crippen LogP contribution in [0, 0.1) is 0 Å². The van der Waals surface area contributed by atoms with Gasteiger partial charge in [0, 0.05) is 5.56 Å². The Bertz CT molecular complexity index is 1060. The number of nitrogens with one attached hydrogen (secondary N) is 1. The molecule has 4 rings (SSSR count). The number of rotatable bonds is 5. The fourth-order valence-corrected chi connectivity index (χ4v) is 2.72. The summed E-state index contributed by atoms with van der Waals surface area (Å²) in [5.41, 5.74) is 2.67. The highest BCUT2D eigenvalue weighted by Gasteiger charge is 2.18. The number of para-hydroxylation sites is 2. The van der Waals surface area contributed by atoms with E-state index in [0.29, 0.717) is 28.4 Å². The van der Waals surface area contributed by atoms with Gasteiger partial charge in [-0.1, -0.05) is 29.4 Å². The minimum Gasteiger partial charge on any atom is -0.497 e. The Balaban J connectivity index is 1.84. The highest BCUT2D eigenvalue weighted by atomic mass is 16.5. The minimum atomic E-state index is 0.398. The van der Waals surface area contributed by atoms with Crippen molar-refractivity contribution in [2.45, 2.75) is 0 Å². The first-order valence-corrected chi connectivity index (χ1v) is 7.95. The van der Waals surface area contributed by atoms with E-state index in [1.807, 2.05) is 48.5 Å². The summed E-state index contributed by atoms with van der Waals surface area (Å²) in [5, 5.41) is 8.15. The van der Waals surface area contributed by atoms with E-state index in [1.165, 1.54) is 6.33 Å². The maximum atomic E-state index is 5.40. The molecule has 0 aliphatic carbocycles. The molecule has 0 aliphatic heterocycles. The van der Waals surface area contributed by atoms with Crippen molar-refractivity contribution >= 4 is 22.6 Å². The summed E-state index contributed by atoms with van der Waals surface area (Å²) in [4.78, 5) is 8.54. The van der Waals surface area contributed by atoms with Crippen LogP contribution in [0.1, 0.15) is 0 Å². The lowest BCUT2D eigenvalue weighted by molar-refractivity contribution is 0.415. The second-order valence-corrected chi connectivity index (χ2v) is 5.49.